The lowest BCUT2D eigenvalue weighted by atomic mass is 10.1. The van der Waals surface area contributed by atoms with Crippen molar-refractivity contribution < 1.29 is 14.3 Å². The molecular formula is C17H11N3O4S. The molecule has 0 spiro atoms. The Kier molecular flexibility index (Phi) is 4.59. The second-order valence-electron chi connectivity index (χ2n) is 4.99. The van der Waals surface area contributed by atoms with Crippen molar-refractivity contribution in [1.29, 1.82) is 5.26 Å². The van der Waals surface area contributed by atoms with Gasteiger partial charge in [-0.1, -0.05) is 18.2 Å². The van der Waals surface area contributed by atoms with Crippen LogP contribution in [0.5, 0.6) is 0 Å². The molecule has 0 aliphatic heterocycles. The minimum absolute atomic E-state index is 0.0842. The Labute approximate surface area is 145 Å². The van der Waals surface area contributed by atoms with E-state index in [2.05, 4.69) is 10.3 Å². The number of benzene rings is 1. The van der Waals surface area contributed by atoms with Crippen LogP contribution < -0.4 is 10.9 Å². The summed E-state index contributed by atoms with van der Waals surface area (Å²) in [5.74, 6) is -1.34. The summed E-state index contributed by atoms with van der Waals surface area (Å²) >= 11 is 1.20. The molecule has 0 saturated carbocycles. The number of nitrogens with zero attached hydrogens (tertiary/aromatic N) is 1. The number of para-hydroxylation sites is 1. The van der Waals surface area contributed by atoms with Crippen LogP contribution in [0.4, 0.5) is 5.00 Å². The van der Waals surface area contributed by atoms with E-state index in [0.29, 0.717) is 21.5 Å². The number of ether oxygens (including phenoxy) is 1. The summed E-state index contributed by atoms with van der Waals surface area (Å²) in [7, 11) is 0. The first-order valence-corrected chi connectivity index (χ1v) is 8.03. The molecule has 124 valence electrons. The van der Waals surface area contributed by atoms with Crippen LogP contribution in [0.15, 0.2) is 46.6 Å². The molecule has 1 amide bonds. The Bertz CT molecular complexity index is 1060. The average molecular weight is 353 g/mol. The van der Waals surface area contributed by atoms with Crippen LogP contribution >= 0.6 is 11.3 Å². The molecule has 0 bridgehead atoms. The van der Waals surface area contributed by atoms with Crippen molar-refractivity contribution in [3.8, 4) is 6.07 Å². The van der Waals surface area contributed by atoms with Crippen LogP contribution in [0.25, 0.3) is 10.9 Å². The van der Waals surface area contributed by atoms with Gasteiger partial charge in [-0.2, -0.15) is 5.26 Å². The highest BCUT2D eigenvalue weighted by molar-refractivity contribution is 7.14. The van der Waals surface area contributed by atoms with Gasteiger partial charge in [0, 0.05) is 17.0 Å². The molecule has 0 saturated heterocycles. The fourth-order valence-corrected chi connectivity index (χ4v) is 2.99. The molecule has 0 radical (unpaired) electrons. The van der Waals surface area contributed by atoms with E-state index in [1.807, 2.05) is 6.07 Å². The maximum Gasteiger partial charge on any atom is 0.339 e. The van der Waals surface area contributed by atoms with Gasteiger partial charge in [-0.15, -0.1) is 11.3 Å². The number of nitrogens with one attached hydrogen (secondary N) is 2. The highest BCUT2D eigenvalue weighted by Gasteiger charge is 2.15. The van der Waals surface area contributed by atoms with E-state index >= 15 is 0 Å². The van der Waals surface area contributed by atoms with Crippen molar-refractivity contribution in [2.24, 2.45) is 0 Å². The van der Waals surface area contributed by atoms with Crippen molar-refractivity contribution in [3.63, 3.8) is 0 Å². The summed E-state index contributed by atoms with van der Waals surface area (Å²) in [6, 6.07) is 11.5. The lowest BCUT2D eigenvalue weighted by Crippen LogP contribution is -2.21. The van der Waals surface area contributed by atoms with Crippen LogP contribution in [0, 0.1) is 11.3 Å². The first-order valence-electron chi connectivity index (χ1n) is 7.15. The molecule has 0 aliphatic rings. The standard InChI is InChI=1S/C17H11N3O4S/c18-8-10-5-6-25-16(10)20-15(22)9-24-17(23)12-7-14(21)19-13-4-2-1-3-11(12)13/h1-7H,9H2,(H,19,21)(H,20,22). The molecule has 7 nitrogen and oxygen atoms in total. The van der Waals surface area contributed by atoms with E-state index in [1.54, 1.807) is 35.7 Å². The molecule has 0 aliphatic carbocycles. The summed E-state index contributed by atoms with van der Waals surface area (Å²) < 4.78 is 4.99. The van der Waals surface area contributed by atoms with Gasteiger partial charge in [0.25, 0.3) is 5.91 Å². The third kappa shape index (κ3) is 3.57. The fourth-order valence-electron chi connectivity index (χ4n) is 2.24. The van der Waals surface area contributed by atoms with Gasteiger partial charge in [0.15, 0.2) is 6.61 Å². The second-order valence-corrected chi connectivity index (χ2v) is 5.91. The Morgan fingerprint density at radius 1 is 1.28 bits per heavy atom. The van der Waals surface area contributed by atoms with Crippen molar-refractivity contribution in [1.82, 2.24) is 4.98 Å². The van der Waals surface area contributed by atoms with Gasteiger partial charge >= 0.3 is 5.97 Å². The highest BCUT2D eigenvalue weighted by atomic mass is 32.1. The Balaban J connectivity index is 1.72. The van der Waals surface area contributed by atoms with Crippen LogP contribution in [0.1, 0.15) is 15.9 Å². The van der Waals surface area contributed by atoms with Crippen molar-refractivity contribution in [2.75, 3.05) is 11.9 Å². The van der Waals surface area contributed by atoms with E-state index in [9.17, 15) is 14.4 Å². The first-order chi connectivity index (χ1) is 12.1. The number of hydrogen-bond donors (Lipinski definition) is 2. The molecule has 25 heavy (non-hydrogen) atoms. The second kappa shape index (κ2) is 6.98. The number of thiophene rings is 1. The number of carbonyl (C=O) groups is 2. The quantitative estimate of drug-likeness (QED) is 0.699. The molecule has 0 unspecified atom stereocenters. The molecule has 2 aromatic heterocycles. The van der Waals surface area contributed by atoms with Crippen LogP contribution in [-0.4, -0.2) is 23.5 Å². The van der Waals surface area contributed by atoms with Gasteiger partial charge in [0.1, 0.15) is 11.1 Å². The first kappa shape index (κ1) is 16.4. The molecule has 8 heteroatoms. The molecule has 1 aromatic carbocycles. The lowest BCUT2D eigenvalue weighted by Gasteiger charge is -2.07. The van der Waals surface area contributed by atoms with E-state index in [4.69, 9.17) is 10.00 Å². The molecule has 3 aromatic rings. The number of fused-ring (bicyclic) bond motifs is 1. The number of aromatic nitrogens is 1. The maximum absolute atomic E-state index is 12.2. The summed E-state index contributed by atoms with van der Waals surface area (Å²) in [6.07, 6.45) is 0. The number of nitriles is 1. The van der Waals surface area contributed by atoms with E-state index in [-0.39, 0.29) is 5.56 Å². The minimum Gasteiger partial charge on any atom is -0.452 e. The van der Waals surface area contributed by atoms with Gasteiger partial charge < -0.3 is 15.0 Å². The summed E-state index contributed by atoms with van der Waals surface area (Å²) in [6.45, 7) is -0.525. The zero-order valence-electron chi connectivity index (χ0n) is 12.7. The number of rotatable bonds is 4. The van der Waals surface area contributed by atoms with E-state index in [0.717, 1.165) is 6.07 Å². The van der Waals surface area contributed by atoms with Gasteiger partial charge in [0.2, 0.25) is 5.56 Å². The molecule has 2 heterocycles. The Morgan fingerprint density at radius 3 is 2.88 bits per heavy atom. The number of H-pyrrole nitrogens is 1. The van der Waals surface area contributed by atoms with Crippen molar-refractivity contribution in [3.05, 3.63) is 63.3 Å². The van der Waals surface area contributed by atoms with Gasteiger partial charge in [-0.25, -0.2) is 4.79 Å². The molecular weight excluding hydrogens is 342 g/mol. The largest absolute Gasteiger partial charge is 0.452 e. The third-order valence-corrected chi connectivity index (χ3v) is 4.17. The normalized spacial score (nSPS) is 10.2. The summed E-state index contributed by atoms with van der Waals surface area (Å²) in [5.41, 5.74) is 0.488. The number of pyridine rings is 1. The minimum atomic E-state index is -0.774. The topological polar surface area (TPSA) is 112 Å². The van der Waals surface area contributed by atoms with Crippen LogP contribution in [-0.2, 0) is 9.53 Å². The van der Waals surface area contributed by atoms with Crippen molar-refractivity contribution in [2.45, 2.75) is 0 Å². The smallest absolute Gasteiger partial charge is 0.339 e. The summed E-state index contributed by atoms with van der Waals surface area (Å²) in [4.78, 5) is 38.4. The lowest BCUT2D eigenvalue weighted by molar-refractivity contribution is -0.119. The maximum atomic E-state index is 12.2. The third-order valence-electron chi connectivity index (χ3n) is 3.34. The average Bonchev–Trinajstić information content (AvgIpc) is 3.06. The van der Waals surface area contributed by atoms with Crippen molar-refractivity contribution >= 4 is 39.1 Å². The Morgan fingerprint density at radius 2 is 2.08 bits per heavy atom. The Hall–Kier alpha value is -3.44. The number of aromatic amines is 1. The van der Waals surface area contributed by atoms with Crippen LogP contribution in [0.3, 0.4) is 0 Å². The zero-order chi connectivity index (χ0) is 17.8. The number of anilines is 1. The predicted molar refractivity (Wildman–Crippen MR) is 92.5 cm³/mol. The monoisotopic (exact) mass is 353 g/mol. The highest BCUT2D eigenvalue weighted by Crippen LogP contribution is 2.22. The molecule has 3 rings (SSSR count). The number of amides is 1. The number of carbonyl (C=O) groups excluding carboxylic acids is 2. The van der Waals surface area contributed by atoms with Gasteiger partial charge in [-0.05, 0) is 17.5 Å². The number of esters is 1. The van der Waals surface area contributed by atoms with Crippen LogP contribution in [0.2, 0.25) is 0 Å². The number of hydrogen-bond acceptors (Lipinski definition) is 6. The molecule has 0 fully saturated rings. The summed E-state index contributed by atoms with van der Waals surface area (Å²) in [5, 5.41) is 14.0. The predicted octanol–water partition coefficient (Wildman–Crippen LogP) is 2.26. The SMILES string of the molecule is N#Cc1ccsc1NC(=O)COC(=O)c1cc(=O)[nH]c2ccccc12. The molecule has 2 N–H and O–H groups in total. The van der Waals surface area contributed by atoms with E-state index in [1.165, 1.54) is 11.3 Å². The fraction of sp³-hybridized carbons (Fsp3) is 0.0588. The zero-order valence-corrected chi connectivity index (χ0v) is 13.6. The van der Waals surface area contributed by atoms with Gasteiger partial charge in [-0.3, -0.25) is 9.59 Å². The van der Waals surface area contributed by atoms with E-state index < -0.39 is 24.0 Å². The molecule has 0 atom stereocenters. The van der Waals surface area contributed by atoms with Gasteiger partial charge in [0.05, 0.1) is 11.1 Å².